The van der Waals surface area contributed by atoms with E-state index in [0.717, 1.165) is 24.8 Å². The van der Waals surface area contributed by atoms with E-state index in [2.05, 4.69) is 17.4 Å². The van der Waals surface area contributed by atoms with Gasteiger partial charge in [-0.25, -0.2) is 0 Å². The van der Waals surface area contributed by atoms with Gasteiger partial charge in [0, 0.05) is 6.04 Å². The van der Waals surface area contributed by atoms with Crippen LogP contribution in [0, 0.1) is 5.92 Å². The van der Waals surface area contributed by atoms with Crippen LogP contribution < -0.4 is 5.32 Å². The van der Waals surface area contributed by atoms with Crippen LogP contribution in [0.2, 0.25) is 0 Å². The van der Waals surface area contributed by atoms with Crippen molar-refractivity contribution in [1.82, 2.24) is 5.32 Å². The summed E-state index contributed by atoms with van der Waals surface area (Å²) in [6.45, 7) is 2.01. The van der Waals surface area contributed by atoms with E-state index < -0.39 is 11.4 Å². The first-order valence-electron chi connectivity index (χ1n) is 7.63. The summed E-state index contributed by atoms with van der Waals surface area (Å²) in [5, 5.41) is 12.0. The Labute approximate surface area is 124 Å². The largest absolute Gasteiger partial charge is 0.481 e. The van der Waals surface area contributed by atoms with Gasteiger partial charge in [0.1, 0.15) is 0 Å². The Morgan fingerprint density at radius 1 is 1.29 bits per heavy atom. The lowest BCUT2D eigenvalue weighted by atomic mass is 9.70. The number of hydrogen-bond donors (Lipinski definition) is 2. The number of carboxylic acids is 1. The van der Waals surface area contributed by atoms with Gasteiger partial charge in [0.05, 0.1) is 11.3 Å². The van der Waals surface area contributed by atoms with Crippen molar-refractivity contribution >= 4 is 11.9 Å². The van der Waals surface area contributed by atoms with Crippen LogP contribution in [0.25, 0.3) is 0 Å². The van der Waals surface area contributed by atoms with Gasteiger partial charge in [-0.3, -0.25) is 9.59 Å². The van der Waals surface area contributed by atoms with Crippen molar-refractivity contribution in [3.8, 4) is 0 Å². The minimum absolute atomic E-state index is 0.0181. The van der Waals surface area contributed by atoms with Gasteiger partial charge in [0.15, 0.2) is 0 Å². The number of carboxylic acid groups (broad SMARTS) is 1. The van der Waals surface area contributed by atoms with Crippen molar-refractivity contribution < 1.29 is 14.7 Å². The zero-order valence-corrected chi connectivity index (χ0v) is 12.3. The minimum atomic E-state index is -0.755. The SMILES string of the molecule is CC1(C(=O)NC2CC(C(=O)O)C2)CCCc2ccccc21. The van der Waals surface area contributed by atoms with Gasteiger partial charge in [0.25, 0.3) is 0 Å². The molecule has 21 heavy (non-hydrogen) atoms. The van der Waals surface area contributed by atoms with Crippen molar-refractivity contribution in [2.45, 2.75) is 50.5 Å². The second-order valence-electron chi connectivity index (χ2n) is 6.52. The molecule has 1 amide bonds. The Balaban J connectivity index is 1.72. The second kappa shape index (κ2) is 5.17. The lowest BCUT2D eigenvalue weighted by Gasteiger charge is -2.39. The third-order valence-corrected chi connectivity index (χ3v) is 5.06. The van der Waals surface area contributed by atoms with E-state index >= 15 is 0 Å². The Bertz CT molecular complexity index is 577. The molecule has 1 unspecified atom stereocenters. The number of benzene rings is 1. The molecule has 0 heterocycles. The van der Waals surface area contributed by atoms with Crippen LogP contribution in [-0.2, 0) is 21.4 Å². The zero-order chi connectivity index (χ0) is 15.0. The number of carbonyl (C=O) groups excluding carboxylic acids is 1. The van der Waals surface area contributed by atoms with E-state index in [1.807, 2.05) is 19.1 Å². The summed E-state index contributed by atoms with van der Waals surface area (Å²) in [6.07, 6.45) is 4.01. The fourth-order valence-corrected chi connectivity index (χ4v) is 3.56. The molecule has 0 aromatic heterocycles. The van der Waals surface area contributed by atoms with Crippen LogP contribution in [0.5, 0.6) is 0 Å². The molecular weight excluding hydrogens is 266 g/mol. The van der Waals surface area contributed by atoms with Crippen LogP contribution in [0.15, 0.2) is 24.3 Å². The van der Waals surface area contributed by atoms with Gasteiger partial charge in [-0.1, -0.05) is 24.3 Å². The van der Waals surface area contributed by atoms with Crippen LogP contribution in [-0.4, -0.2) is 23.0 Å². The van der Waals surface area contributed by atoms with Crippen LogP contribution in [0.1, 0.15) is 43.7 Å². The topological polar surface area (TPSA) is 66.4 Å². The average molecular weight is 287 g/mol. The number of nitrogens with one attached hydrogen (secondary N) is 1. The highest BCUT2D eigenvalue weighted by molar-refractivity contribution is 5.89. The molecule has 112 valence electrons. The summed E-state index contributed by atoms with van der Waals surface area (Å²) in [4.78, 5) is 23.5. The predicted molar refractivity (Wildman–Crippen MR) is 79.0 cm³/mol. The summed E-state index contributed by atoms with van der Waals surface area (Å²) in [5.74, 6) is -1.00. The second-order valence-corrected chi connectivity index (χ2v) is 6.52. The number of amides is 1. The number of fused-ring (bicyclic) bond motifs is 1. The number of aryl methyl sites for hydroxylation is 1. The molecule has 1 aromatic rings. The predicted octanol–water partition coefficient (Wildman–Crippen LogP) is 2.26. The molecule has 1 atom stereocenters. The molecular formula is C17H21NO3. The van der Waals surface area contributed by atoms with E-state index in [4.69, 9.17) is 5.11 Å². The maximum absolute atomic E-state index is 12.7. The van der Waals surface area contributed by atoms with Gasteiger partial charge >= 0.3 is 5.97 Å². The van der Waals surface area contributed by atoms with Crippen LogP contribution in [0.3, 0.4) is 0 Å². The summed E-state index contributed by atoms with van der Waals surface area (Å²) in [5.41, 5.74) is 1.91. The van der Waals surface area contributed by atoms with E-state index in [-0.39, 0.29) is 17.9 Å². The molecule has 1 aromatic carbocycles. The highest BCUT2D eigenvalue weighted by Crippen LogP contribution is 2.38. The number of hydrogen-bond acceptors (Lipinski definition) is 2. The highest BCUT2D eigenvalue weighted by Gasteiger charge is 2.42. The molecule has 4 nitrogen and oxygen atoms in total. The fourth-order valence-electron chi connectivity index (χ4n) is 3.56. The summed E-state index contributed by atoms with van der Waals surface area (Å²) >= 11 is 0. The lowest BCUT2D eigenvalue weighted by Crippen LogP contribution is -2.53. The molecule has 1 fully saturated rings. The summed E-state index contributed by atoms with van der Waals surface area (Å²) in [6, 6.07) is 8.17. The third kappa shape index (κ3) is 2.43. The Kier molecular flexibility index (Phi) is 3.47. The van der Waals surface area contributed by atoms with Crippen LogP contribution >= 0.6 is 0 Å². The minimum Gasteiger partial charge on any atom is -0.481 e. The molecule has 2 aliphatic rings. The molecule has 0 aliphatic heterocycles. The first-order chi connectivity index (χ1) is 10.0. The molecule has 1 saturated carbocycles. The normalized spacial score (nSPS) is 30.9. The number of carbonyl (C=O) groups is 2. The molecule has 0 radical (unpaired) electrons. The molecule has 0 saturated heterocycles. The molecule has 2 N–H and O–H groups in total. The standard InChI is InChI=1S/C17H21NO3/c1-17(8-4-6-11-5-2-3-7-14(11)17)16(21)18-13-9-12(10-13)15(19)20/h2-3,5,7,12-13H,4,6,8-10H2,1H3,(H,18,21)(H,19,20). The van der Waals surface area contributed by atoms with Crippen molar-refractivity contribution in [2.75, 3.05) is 0 Å². The third-order valence-electron chi connectivity index (χ3n) is 5.06. The maximum atomic E-state index is 12.7. The van der Waals surface area contributed by atoms with E-state index in [1.54, 1.807) is 0 Å². The molecule has 0 bridgehead atoms. The zero-order valence-electron chi connectivity index (χ0n) is 12.3. The monoisotopic (exact) mass is 287 g/mol. The van der Waals surface area contributed by atoms with Gasteiger partial charge < -0.3 is 10.4 Å². The Morgan fingerprint density at radius 2 is 2.00 bits per heavy atom. The molecule has 2 aliphatic carbocycles. The first-order valence-corrected chi connectivity index (χ1v) is 7.63. The van der Waals surface area contributed by atoms with Crippen LogP contribution in [0.4, 0.5) is 0 Å². The fraction of sp³-hybridized carbons (Fsp3) is 0.529. The molecule has 3 rings (SSSR count). The Hall–Kier alpha value is -1.84. The van der Waals surface area contributed by atoms with Gasteiger partial charge in [-0.15, -0.1) is 0 Å². The molecule has 4 heteroatoms. The number of rotatable bonds is 3. The van der Waals surface area contributed by atoms with Gasteiger partial charge in [0.2, 0.25) is 5.91 Å². The lowest BCUT2D eigenvalue weighted by molar-refractivity contribution is -0.146. The number of aliphatic carboxylic acids is 1. The van der Waals surface area contributed by atoms with Crippen molar-refractivity contribution in [2.24, 2.45) is 5.92 Å². The first kappa shape index (κ1) is 14.1. The van der Waals surface area contributed by atoms with Gasteiger partial charge in [-0.05, 0) is 50.2 Å². The summed E-state index contributed by atoms with van der Waals surface area (Å²) in [7, 11) is 0. The van der Waals surface area contributed by atoms with Crippen molar-refractivity contribution in [3.63, 3.8) is 0 Å². The summed E-state index contributed by atoms with van der Waals surface area (Å²) < 4.78 is 0. The van der Waals surface area contributed by atoms with E-state index in [9.17, 15) is 9.59 Å². The average Bonchev–Trinajstić information content (AvgIpc) is 2.42. The quantitative estimate of drug-likeness (QED) is 0.896. The maximum Gasteiger partial charge on any atom is 0.306 e. The van der Waals surface area contributed by atoms with Gasteiger partial charge in [-0.2, -0.15) is 0 Å². The highest BCUT2D eigenvalue weighted by atomic mass is 16.4. The Morgan fingerprint density at radius 3 is 2.71 bits per heavy atom. The molecule has 0 spiro atoms. The van der Waals surface area contributed by atoms with Crippen molar-refractivity contribution in [1.29, 1.82) is 0 Å². The van der Waals surface area contributed by atoms with E-state index in [0.29, 0.717) is 12.8 Å². The van der Waals surface area contributed by atoms with E-state index in [1.165, 1.54) is 5.56 Å². The van der Waals surface area contributed by atoms with Crippen molar-refractivity contribution in [3.05, 3.63) is 35.4 Å². The smallest absolute Gasteiger partial charge is 0.306 e.